The van der Waals surface area contributed by atoms with Crippen molar-refractivity contribution in [3.8, 4) is 0 Å². The third-order valence-electron chi connectivity index (χ3n) is 3.53. The van der Waals surface area contributed by atoms with Gasteiger partial charge in [0.05, 0.1) is 11.2 Å². The van der Waals surface area contributed by atoms with Crippen molar-refractivity contribution in [3.05, 3.63) is 46.4 Å². The van der Waals surface area contributed by atoms with Crippen LogP contribution >= 0.6 is 11.3 Å². The first kappa shape index (κ1) is 12.6. The van der Waals surface area contributed by atoms with Crippen molar-refractivity contribution >= 4 is 17.0 Å². The molecule has 0 radical (unpaired) electrons. The van der Waals surface area contributed by atoms with Crippen LogP contribution in [0.15, 0.2) is 35.2 Å². The number of rotatable bonds is 5. The standard InChI is InChI=1S/C15H19N3S/c1-2-8-18(7-1)15-5-3-13(4-6-15)9-16-10-14-11-19-12-17-14/h3-6,11-12,16H,1-2,7-10H2. The van der Waals surface area contributed by atoms with Crippen LogP contribution in [0.5, 0.6) is 0 Å². The van der Waals surface area contributed by atoms with E-state index in [4.69, 9.17) is 0 Å². The average molecular weight is 273 g/mol. The van der Waals surface area contributed by atoms with Gasteiger partial charge in [-0.25, -0.2) is 4.98 Å². The molecule has 1 aromatic heterocycles. The van der Waals surface area contributed by atoms with Crippen LogP contribution in [0.3, 0.4) is 0 Å². The molecule has 0 atom stereocenters. The van der Waals surface area contributed by atoms with Crippen molar-refractivity contribution < 1.29 is 0 Å². The third-order valence-corrected chi connectivity index (χ3v) is 4.16. The topological polar surface area (TPSA) is 28.2 Å². The SMILES string of the molecule is c1nc(CNCc2ccc(N3CCCC3)cc2)cs1. The summed E-state index contributed by atoms with van der Waals surface area (Å²) in [6.45, 7) is 4.16. The van der Waals surface area contributed by atoms with E-state index in [1.807, 2.05) is 5.51 Å². The number of aromatic nitrogens is 1. The van der Waals surface area contributed by atoms with Crippen LogP contribution in [0.1, 0.15) is 24.1 Å². The monoisotopic (exact) mass is 273 g/mol. The minimum absolute atomic E-state index is 0.845. The molecule has 0 unspecified atom stereocenters. The number of thiazole rings is 1. The summed E-state index contributed by atoms with van der Waals surface area (Å²) in [6.07, 6.45) is 2.66. The van der Waals surface area contributed by atoms with E-state index in [0.717, 1.165) is 18.8 Å². The molecule has 19 heavy (non-hydrogen) atoms. The Morgan fingerprint density at radius 2 is 1.89 bits per heavy atom. The van der Waals surface area contributed by atoms with Crippen molar-refractivity contribution in [2.45, 2.75) is 25.9 Å². The first-order valence-electron chi connectivity index (χ1n) is 6.83. The molecule has 1 aromatic carbocycles. The van der Waals surface area contributed by atoms with Crippen LogP contribution in [-0.4, -0.2) is 18.1 Å². The predicted molar refractivity (Wildman–Crippen MR) is 80.5 cm³/mol. The molecule has 4 heteroatoms. The second kappa shape index (κ2) is 6.17. The normalized spacial score (nSPS) is 15.1. The van der Waals surface area contributed by atoms with Gasteiger partial charge in [0.25, 0.3) is 0 Å². The number of nitrogens with zero attached hydrogens (tertiary/aromatic N) is 2. The van der Waals surface area contributed by atoms with E-state index in [0.29, 0.717) is 0 Å². The molecule has 100 valence electrons. The lowest BCUT2D eigenvalue weighted by Crippen LogP contribution is -2.17. The molecule has 0 spiro atoms. The Morgan fingerprint density at radius 3 is 2.58 bits per heavy atom. The second-order valence-electron chi connectivity index (χ2n) is 4.94. The molecule has 3 nitrogen and oxygen atoms in total. The van der Waals surface area contributed by atoms with Gasteiger partial charge in [0, 0.05) is 37.2 Å². The van der Waals surface area contributed by atoms with Crippen molar-refractivity contribution in [1.29, 1.82) is 0 Å². The van der Waals surface area contributed by atoms with Gasteiger partial charge in [-0.2, -0.15) is 0 Å². The quantitative estimate of drug-likeness (QED) is 0.907. The Labute approximate surface area is 118 Å². The Balaban J connectivity index is 1.51. The molecular weight excluding hydrogens is 254 g/mol. The maximum Gasteiger partial charge on any atom is 0.0795 e. The summed E-state index contributed by atoms with van der Waals surface area (Å²) < 4.78 is 0. The zero-order valence-electron chi connectivity index (χ0n) is 11.0. The fourth-order valence-electron chi connectivity index (χ4n) is 2.46. The first-order chi connectivity index (χ1) is 9.42. The van der Waals surface area contributed by atoms with Gasteiger partial charge < -0.3 is 10.2 Å². The summed E-state index contributed by atoms with van der Waals surface area (Å²) in [5.41, 5.74) is 5.69. The fraction of sp³-hybridized carbons (Fsp3) is 0.400. The zero-order chi connectivity index (χ0) is 12.9. The summed E-state index contributed by atoms with van der Waals surface area (Å²) in [4.78, 5) is 6.73. The van der Waals surface area contributed by atoms with Crippen LogP contribution in [0.4, 0.5) is 5.69 Å². The lowest BCUT2D eigenvalue weighted by Gasteiger charge is -2.17. The van der Waals surface area contributed by atoms with Crippen LogP contribution in [0, 0.1) is 0 Å². The predicted octanol–water partition coefficient (Wildman–Crippen LogP) is 3.03. The Morgan fingerprint density at radius 1 is 1.11 bits per heavy atom. The maximum atomic E-state index is 4.26. The Kier molecular flexibility index (Phi) is 4.10. The summed E-state index contributed by atoms with van der Waals surface area (Å²) in [7, 11) is 0. The molecule has 1 N–H and O–H groups in total. The maximum absolute atomic E-state index is 4.26. The van der Waals surface area contributed by atoms with E-state index in [2.05, 4.69) is 44.8 Å². The van der Waals surface area contributed by atoms with Gasteiger partial charge in [-0.3, -0.25) is 0 Å². The molecule has 0 bridgehead atoms. The molecule has 1 saturated heterocycles. The van der Waals surface area contributed by atoms with Gasteiger partial charge in [-0.05, 0) is 30.5 Å². The summed E-state index contributed by atoms with van der Waals surface area (Å²) in [6, 6.07) is 8.93. The van der Waals surface area contributed by atoms with E-state index in [-0.39, 0.29) is 0 Å². The molecule has 0 amide bonds. The summed E-state index contributed by atoms with van der Waals surface area (Å²) in [5, 5.41) is 5.51. The zero-order valence-corrected chi connectivity index (χ0v) is 11.8. The van der Waals surface area contributed by atoms with Crippen molar-refractivity contribution in [2.75, 3.05) is 18.0 Å². The van der Waals surface area contributed by atoms with Crippen LogP contribution < -0.4 is 10.2 Å². The molecular formula is C15H19N3S. The van der Waals surface area contributed by atoms with Crippen molar-refractivity contribution in [2.24, 2.45) is 0 Å². The number of benzene rings is 1. The van der Waals surface area contributed by atoms with Gasteiger partial charge in [-0.15, -0.1) is 11.3 Å². The highest BCUT2D eigenvalue weighted by Crippen LogP contribution is 2.20. The molecule has 2 heterocycles. The summed E-state index contributed by atoms with van der Waals surface area (Å²) in [5.74, 6) is 0. The molecule has 1 aliphatic rings. The van der Waals surface area contributed by atoms with E-state index in [9.17, 15) is 0 Å². The molecule has 1 aliphatic heterocycles. The lowest BCUT2D eigenvalue weighted by atomic mass is 10.2. The highest BCUT2D eigenvalue weighted by atomic mass is 32.1. The van der Waals surface area contributed by atoms with Gasteiger partial charge in [0.2, 0.25) is 0 Å². The first-order valence-corrected chi connectivity index (χ1v) is 7.78. The molecule has 1 fully saturated rings. The minimum Gasteiger partial charge on any atom is -0.372 e. The van der Waals surface area contributed by atoms with Crippen LogP contribution in [-0.2, 0) is 13.1 Å². The highest BCUT2D eigenvalue weighted by Gasteiger charge is 2.11. The van der Waals surface area contributed by atoms with Gasteiger partial charge in [-0.1, -0.05) is 12.1 Å². The number of nitrogens with one attached hydrogen (secondary N) is 1. The van der Waals surface area contributed by atoms with Crippen molar-refractivity contribution in [3.63, 3.8) is 0 Å². The van der Waals surface area contributed by atoms with Crippen LogP contribution in [0.25, 0.3) is 0 Å². The van der Waals surface area contributed by atoms with Gasteiger partial charge in [0.15, 0.2) is 0 Å². The average Bonchev–Trinajstić information content (AvgIpc) is 3.13. The van der Waals surface area contributed by atoms with Gasteiger partial charge in [0.1, 0.15) is 0 Å². The van der Waals surface area contributed by atoms with E-state index >= 15 is 0 Å². The smallest absolute Gasteiger partial charge is 0.0795 e. The Bertz CT molecular complexity index is 487. The van der Waals surface area contributed by atoms with Crippen molar-refractivity contribution in [1.82, 2.24) is 10.3 Å². The summed E-state index contributed by atoms with van der Waals surface area (Å²) >= 11 is 1.65. The molecule has 3 rings (SSSR count). The second-order valence-corrected chi connectivity index (χ2v) is 5.66. The largest absolute Gasteiger partial charge is 0.372 e. The van der Waals surface area contributed by atoms with E-state index in [1.165, 1.54) is 37.2 Å². The van der Waals surface area contributed by atoms with Gasteiger partial charge >= 0.3 is 0 Å². The molecule has 0 aliphatic carbocycles. The molecule has 2 aromatic rings. The Hall–Kier alpha value is -1.39. The molecule has 0 saturated carbocycles. The van der Waals surface area contributed by atoms with E-state index in [1.54, 1.807) is 11.3 Å². The third kappa shape index (κ3) is 3.33. The lowest BCUT2D eigenvalue weighted by molar-refractivity contribution is 0.682. The highest BCUT2D eigenvalue weighted by molar-refractivity contribution is 7.07. The number of hydrogen-bond donors (Lipinski definition) is 1. The fourth-order valence-corrected chi connectivity index (χ4v) is 3.02. The van der Waals surface area contributed by atoms with E-state index < -0.39 is 0 Å². The number of hydrogen-bond acceptors (Lipinski definition) is 4. The minimum atomic E-state index is 0.845. The number of anilines is 1. The van der Waals surface area contributed by atoms with Crippen LogP contribution in [0.2, 0.25) is 0 Å².